The van der Waals surface area contributed by atoms with Gasteiger partial charge in [-0.1, -0.05) is 24.3 Å². The standard InChI is InChI=1S/C16H17N3O2/c1-12(19-16(21)13-7-3-2-4-8-13)15(20)18-11-14-9-5-6-10-17-14/h2-10,12H,11H2,1H3,(H,18,20)(H,19,21)/t12-/m0/s1. The van der Waals surface area contributed by atoms with Crippen LogP contribution in [0.5, 0.6) is 0 Å². The van der Waals surface area contributed by atoms with E-state index in [1.54, 1.807) is 37.4 Å². The molecule has 5 heteroatoms. The fourth-order valence-corrected chi connectivity index (χ4v) is 1.77. The Labute approximate surface area is 123 Å². The van der Waals surface area contributed by atoms with Gasteiger partial charge in [0.05, 0.1) is 12.2 Å². The number of aromatic nitrogens is 1. The van der Waals surface area contributed by atoms with Gasteiger partial charge in [-0.15, -0.1) is 0 Å². The molecule has 1 aromatic heterocycles. The van der Waals surface area contributed by atoms with E-state index in [0.29, 0.717) is 12.1 Å². The number of carbonyl (C=O) groups is 2. The highest BCUT2D eigenvalue weighted by Crippen LogP contribution is 1.99. The average molecular weight is 283 g/mol. The van der Waals surface area contributed by atoms with E-state index >= 15 is 0 Å². The summed E-state index contributed by atoms with van der Waals surface area (Å²) in [7, 11) is 0. The van der Waals surface area contributed by atoms with Crippen LogP contribution in [0, 0.1) is 0 Å². The molecule has 1 aromatic carbocycles. The van der Waals surface area contributed by atoms with Crippen molar-refractivity contribution in [1.29, 1.82) is 0 Å². The van der Waals surface area contributed by atoms with Gasteiger partial charge in [0.15, 0.2) is 0 Å². The van der Waals surface area contributed by atoms with Crippen LogP contribution in [0.3, 0.4) is 0 Å². The number of nitrogens with one attached hydrogen (secondary N) is 2. The number of rotatable bonds is 5. The molecule has 0 bridgehead atoms. The molecule has 0 aliphatic heterocycles. The Balaban J connectivity index is 1.84. The van der Waals surface area contributed by atoms with Crippen LogP contribution in [0.4, 0.5) is 0 Å². The van der Waals surface area contributed by atoms with Crippen molar-refractivity contribution in [1.82, 2.24) is 15.6 Å². The SMILES string of the molecule is C[C@H](NC(=O)c1ccccc1)C(=O)NCc1ccccn1. The van der Waals surface area contributed by atoms with Crippen LogP contribution in [-0.2, 0) is 11.3 Å². The van der Waals surface area contributed by atoms with Gasteiger partial charge in [-0.05, 0) is 31.2 Å². The fourth-order valence-electron chi connectivity index (χ4n) is 1.77. The minimum atomic E-state index is -0.610. The Hall–Kier alpha value is -2.69. The van der Waals surface area contributed by atoms with Gasteiger partial charge in [0.25, 0.3) is 5.91 Å². The molecule has 0 saturated carbocycles. The summed E-state index contributed by atoms with van der Waals surface area (Å²) in [5.74, 6) is -0.513. The zero-order chi connectivity index (χ0) is 15.1. The van der Waals surface area contributed by atoms with Gasteiger partial charge in [0.1, 0.15) is 6.04 Å². The number of nitrogens with zero attached hydrogens (tertiary/aromatic N) is 1. The molecule has 1 atom stereocenters. The number of benzene rings is 1. The molecule has 0 fully saturated rings. The minimum absolute atomic E-state index is 0.245. The van der Waals surface area contributed by atoms with Gasteiger partial charge in [0, 0.05) is 11.8 Å². The smallest absolute Gasteiger partial charge is 0.251 e. The molecule has 0 saturated heterocycles. The number of pyridine rings is 1. The molecule has 0 radical (unpaired) electrons. The molecule has 2 aromatic rings. The van der Waals surface area contributed by atoms with Gasteiger partial charge in [-0.2, -0.15) is 0 Å². The summed E-state index contributed by atoms with van der Waals surface area (Å²) in [6.07, 6.45) is 1.67. The average Bonchev–Trinajstić information content (AvgIpc) is 2.54. The van der Waals surface area contributed by atoms with Gasteiger partial charge in [-0.25, -0.2) is 0 Å². The first-order valence-electron chi connectivity index (χ1n) is 6.70. The first-order valence-corrected chi connectivity index (χ1v) is 6.70. The van der Waals surface area contributed by atoms with Gasteiger partial charge < -0.3 is 10.6 Å². The molecule has 108 valence electrons. The lowest BCUT2D eigenvalue weighted by atomic mass is 10.2. The van der Waals surface area contributed by atoms with E-state index in [-0.39, 0.29) is 11.8 Å². The van der Waals surface area contributed by atoms with Crippen molar-refractivity contribution in [3.05, 3.63) is 66.0 Å². The van der Waals surface area contributed by atoms with E-state index in [1.165, 1.54) is 0 Å². The van der Waals surface area contributed by atoms with Crippen molar-refractivity contribution in [2.75, 3.05) is 0 Å². The molecule has 0 unspecified atom stereocenters. The number of amides is 2. The normalized spacial score (nSPS) is 11.5. The van der Waals surface area contributed by atoms with E-state index in [4.69, 9.17) is 0 Å². The molecule has 2 N–H and O–H groups in total. The lowest BCUT2D eigenvalue weighted by Gasteiger charge is -2.14. The summed E-state index contributed by atoms with van der Waals surface area (Å²) in [4.78, 5) is 28.0. The zero-order valence-corrected chi connectivity index (χ0v) is 11.7. The summed E-state index contributed by atoms with van der Waals surface area (Å²) in [6.45, 7) is 1.99. The third kappa shape index (κ3) is 4.42. The summed E-state index contributed by atoms with van der Waals surface area (Å²) in [5, 5.41) is 5.40. The first-order chi connectivity index (χ1) is 10.2. The van der Waals surface area contributed by atoms with Crippen LogP contribution in [0.15, 0.2) is 54.7 Å². The Kier molecular flexibility index (Phi) is 5.04. The minimum Gasteiger partial charge on any atom is -0.349 e. The topological polar surface area (TPSA) is 71.1 Å². The van der Waals surface area contributed by atoms with E-state index in [1.807, 2.05) is 24.3 Å². The summed E-state index contributed by atoms with van der Waals surface area (Å²) >= 11 is 0. The highest BCUT2D eigenvalue weighted by Gasteiger charge is 2.16. The number of hydrogen-bond donors (Lipinski definition) is 2. The Morgan fingerprint density at radius 3 is 2.48 bits per heavy atom. The van der Waals surface area contributed by atoms with Gasteiger partial charge in [0.2, 0.25) is 5.91 Å². The third-order valence-corrected chi connectivity index (χ3v) is 2.95. The summed E-state index contributed by atoms with van der Waals surface area (Å²) < 4.78 is 0. The first kappa shape index (κ1) is 14.7. The third-order valence-electron chi connectivity index (χ3n) is 2.95. The molecular formula is C16H17N3O2. The van der Waals surface area contributed by atoms with Crippen LogP contribution < -0.4 is 10.6 Å². The Morgan fingerprint density at radius 1 is 1.10 bits per heavy atom. The largest absolute Gasteiger partial charge is 0.349 e. The van der Waals surface area contributed by atoms with E-state index in [0.717, 1.165) is 5.69 Å². The van der Waals surface area contributed by atoms with Gasteiger partial charge in [-0.3, -0.25) is 14.6 Å². The van der Waals surface area contributed by atoms with Crippen molar-refractivity contribution >= 4 is 11.8 Å². The second kappa shape index (κ2) is 7.19. The Morgan fingerprint density at radius 2 is 1.81 bits per heavy atom. The number of carbonyl (C=O) groups excluding carboxylic acids is 2. The maximum Gasteiger partial charge on any atom is 0.251 e. The van der Waals surface area contributed by atoms with E-state index in [2.05, 4.69) is 15.6 Å². The maximum atomic E-state index is 11.9. The van der Waals surface area contributed by atoms with Crippen molar-refractivity contribution < 1.29 is 9.59 Å². The second-order valence-electron chi connectivity index (χ2n) is 4.60. The molecule has 2 rings (SSSR count). The molecule has 1 heterocycles. The monoisotopic (exact) mass is 283 g/mol. The van der Waals surface area contributed by atoms with Crippen molar-refractivity contribution in [3.8, 4) is 0 Å². The quantitative estimate of drug-likeness (QED) is 0.874. The molecule has 5 nitrogen and oxygen atoms in total. The van der Waals surface area contributed by atoms with Crippen molar-refractivity contribution in [3.63, 3.8) is 0 Å². The van der Waals surface area contributed by atoms with Crippen LogP contribution in [0.2, 0.25) is 0 Å². The molecule has 21 heavy (non-hydrogen) atoms. The molecule has 2 amide bonds. The van der Waals surface area contributed by atoms with Crippen LogP contribution >= 0.6 is 0 Å². The highest BCUT2D eigenvalue weighted by atomic mass is 16.2. The fraction of sp³-hybridized carbons (Fsp3) is 0.188. The maximum absolute atomic E-state index is 11.9. The van der Waals surface area contributed by atoms with E-state index in [9.17, 15) is 9.59 Å². The van der Waals surface area contributed by atoms with Crippen LogP contribution in [0.1, 0.15) is 23.0 Å². The van der Waals surface area contributed by atoms with Crippen molar-refractivity contribution in [2.45, 2.75) is 19.5 Å². The predicted octanol–water partition coefficient (Wildman–Crippen LogP) is 1.52. The van der Waals surface area contributed by atoms with E-state index < -0.39 is 6.04 Å². The van der Waals surface area contributed by atoms with Crippen molar-refractivity contribution in [2.24, 2.45) is 0 Å². The molecular weight excluding hydrogens is 266 g/mol. The van der Waals surface area contributed by atoms with Crippen LogP contribution in [0.25, 0.3) is 0 Å². The molecule has 0 spiro atoms. The predicted molar refractivity (Wildman–Crippen MR) is 79.5 cm³/mol. The lowest BCUT2D eigenvalue weighted by molar-refractivity contribution is -0.122. The Bertz CT molecular complexity index is 599. The van der Waals surface area contributed by atoms with Crippen LogP contribution in [-0.4, -0.2) is 22.8 Å². The lowest BCUT2D eigenvalue weighted by Crippen LogP contribution is -2.44. The number of hydrogen-bond acceptors (Lipinski definition) is 3. The molecule has 0 aliphatic rings. The highest BCUT2D eigenvalue weighted by molar-refractivity contribution is 5.97. The summed E-state index contributed by atoms with van der Waals surface area (Å²) in [5.41, 5.74) is 1.30. The zero-order valence-electron chi connectivity index (χ0n) is 11.7. The second-order valence-corrected chi connectivity index (χ2v) is 4.60. The van der Waals surface area contributed by atoms with Gasteiger partial charge >= 0.3 is 0 Å². The molecule has 0 aliphatic carbocycles. The summed E-state index contributed by atoms with van der Waals surface area (Å²) in [6, 6.07) is 13.7.